The van der Waals surface area contributed by atoms with Gasteiger partial charge < -0.3 is 15.4 Å². The summed E-state index contributed by atoms with van der Waals surface area (Å²) in [7, 11) is 0. The van der Waals surface area contributed by atoms with E-state index in [0.29, 0.717) is 12.0 Å². The Kier molecular flexibility index (Phi) is 3.48. The van der Waals surface area contributed by atoms with Gasteiger partial charge in [0.25, 0.3) is 0 Å². The molecule has 0 saturated heterocycles. The van der Waals surface area contributed by atoms with Crippen molar-refractivity contribution >= 4 is 10.9 Å². The van der Waals surface area contributed by atoms with Crippen molar-refractivity contribution < 1.29 is 5.11 Å². The predicted octanol–water partition coefficient (Wildman–Crippen LogP) is 2.78. The van der Waals surface area contributed by atoms with E-state index in [0.717, 1.165) is 25.8 Å². The van der Waals surface area contributed by atoms with Gasteiger partial charge in [-0.15, -0.1) is 0 Å². The zero-order chi connectivity index (χ0) is 14.2. The Morgan fingerprint density at radius 3 is 2.95 bits per heavy atom. The smallest absolute Gasteiger partial charge is 0.0580 e. The molecule has 3 unspecified atom stereocenters. The summed E-state index contributed by atoms with van der Waals surface area (Å²) in [6.45, 7) is 0.976. The van der Waals surface area contributed by atoms with Gasteiger partial charge in [-0.05, 0) is 49.7 Å². The minimum absolute atomic E-state index is 0.0789. The number of aromatic amines is 1. The van der Waals surface area contributed by atoms with E-state index in [9.17, 15) is 5.11 Å². The lowest BCUT2D eigenvalue weighted by atomic mass is 9.91. The van der Waals surface area contributed by atoms with E-state index in [-0.39, 0.29) is 6.10 Å². The van der Waals surface area contributed by atoms with Crippen LogP contribution < -0.4 is 5.32 Å². The van der Waals surface area contributed by atoms with Gasteiger partial charge in [-0.2, -0.15) is 0 Å². The largest absolute Gasteiger partial charge is 0.393 e. The monoisotopic (exact) mass is 284 g/mol. The number of aliphatic hydroxyl groups is 1. The lowest BCUT2D eigenvalue weighted by Crippen LogP contribution is -2.39. The van der Waals surface area contributed by atoms with Crippen LogP contribution in [0.25, 0.3) is 10.9 Å². The highest BCUT2D eigenvalue weighted by molar-refractivity contribution is 5.84. The number of aromatic nitrogens is 1. The third kappa shape index (κ3) is 2.49. The molecule has 1 saturated carbocycles. The van der Waals surface area contributed by atoms with Gasteiger partial charge in [0.2, 0.25) is 0 Å². The first-order valence-corrected chi connectivity index (χ1v) is 8.31. The summed E-state index contributed by atoms with van der Waals surface area (Å²) in [4.78, 5) is 3.57. The average Bonchev–Trinajstić information content (AvgIpc) is 3.08. The van der Waals surface area contributed by atoms with Crippen LogP contribution in [0.5, 0.6) is 0 Å². The fraction of sp³-hybridized carbons (Fsp3) is 0.556. The first-order chi connectivity index (χ1) is 10.3. The lowest BCUT2D eigenvalue weighted by Gasteiger charge is -2.26. The van der Waals surface area contributed by atoms with Gasteiger partial charge in [0, 0.05) is 29.2 Å². The van der Waals surface area contributed by atoms with E-state index in [1.54, 1.807) is 0 Å². The summed E-state index contributed by atoms with van der Waals surface area (Å²) in [6, 6.07) is 9.19. The van der Waals surface area contributed by atoms with E-state index in [1.165, 1.54) is 41.4 Å². The second kappa shape index (κ2) is 5.47. The molecule has 1 aromatic carbocycles. The summed E-state index contributed by atoms with van der Waals surface area (Å²) >= 11 is 0. The molecule has 2 aromatic rings. The van der Waals surface area contributed by atoms with Crippen LogP contribution in [0.4, 0.5) is 0 Å². The number of hydrogen-bond acceptors (Lipinski definition) is 2. The average molecular weight is 284 g/mol. The minimum atomic E-state index is -0.0789. The topological polar surface area (TPSA) is 48.0 Å². The normalized spacial score (nSPS) is 28.9. The number of nitrogens with one attached hydrogen (secondary N) is 2. The fourth-order valence-corrected chi connectivity index (χ4v) is 4.12. The van der Waals surface area contributed by atoms with E-state index in [4.69, 9.17) is 0 Å². The molecule has 1 fully saturated rings. The summed E-state index contributed by atoms with van der Waals surface area (Å²) in [5, 5.41) is 15.0. The standard InChI is InChI=1S/C18H24N2O/c21-18-7-3-4-12(18)11-19-13-8-9-17-15(10-13)14-5-1-2-6-16(14)20-17/h1-2,5-6,12-13,18-21H,3-4,7-11H2. The van der Waals surface area contributed by atoms with Crippen LogP contribution in [-0.2, 0) is 12.8 Å². The van der Waals surface area contributed by atoms with Gasteiger partial charge >= 0.3 is 0 Å². The lowest BCUT2D eigenvalue weighted by molar-refractivity contribution is 0.129. The number of aryl methyl sites for hydroxylation is 1. The van der Waals surface area contributed by atoms with Crippen molar-refractivity contribution in [3.05, 3.63) is 35.5 Å². The fourth-order valence-electron chi connectivity index (χ4n) is 4.12. The van der Waals surface area contributed by atoms with Crippen molar-refractivity contribution in [2.24, 2.45) is 5.92 Å². The molecule has 3 nitrogen and oxygen atoms in total. The van der Waals surface area contributed by atoms with Gasteiger partial charge in [0.15, 0.2) is 0 Å². The molecule has 0 aliphatic heterocycles. The Morgan fingerprint density at radius 2 is 2.10 bits per heavy atom. The van der Waals surface area contributed by atoms with Crippen LogP contribution in [0.3, 0.4) is 0 Å². The number of para-hydroxylation sites is 1. The second-order valence-corrected chi connectivity index (χ2v) is 6.73. The number of hydrogen-bond donors (Lipinski definition) is 3. The number of benzene rings is 1. The first-order valence-electron chi connectivity index (χ1n) is 8.31. The van der Waals surface area contributed by atoms with E-state index < -0.39 is 0 Å². The molecule has 1 heterocycles. The third-order valence-electron chi connectivity index (χ3n) is 5.38. The van der Waals surface area contributed by atoms with Gasteiger partial charge in [-0.1, -0.05) is 24.6 Å². The van der Waals surface area contributed by atoms with Crippen molar-refractivity contribution in [2.45, 2.75) is 50.7 Å². The molecule has 3 atom stereocenters. The van der Waals surface area contributed by atoms with E-state index >= 15 is 0 Å². The molecule has 4 rings (SSSR count). The Bertz CT molecular complexity index is 633. The summed E-state index contributed by atoms with van der Waals surface area (Å²) in [6.07, 6.45) is 6.72. The Morgan fingerprint density at radius 1 is 1.19 bits per heavy atom. The van der Waals surface area contributed by atoms with Crippen molar-refractivity contribution in [3.63, 3.8) is 0 Å². The predicted molar refractivity (Wildman–Crippen MR) is 85.5 cm³/mol. The van der Waals surface area contributed by atoms with Gasteiger partial charge in [0.1, 0.15) is 0 Å². The maximum Gasteiger partial charge on any atom is 0.0580 e. The van der Waals surface area contributed by atoms with Crippen molar-refractivity contribution in [1.29, 1.82) is 0 Å². The molecule has 0 amide bonds. The number of aliphatic hydroxyl groups excluding tert-OH is 1. The Balaban J connectivity index is 1.46. The SMILES string of the molecule is OC1CCCC1CNC1CCc2[nH]c3ccccc3c2C1. The highest BCUT2D eigenvalue weighted by Crippen LogP contribution is 2.30. The zero-order valence-electron chi connectivity index (χ0n) is 12.4. The molecule has 0 spiro atoms. The van der Waals surface area contributed by atoms with Crippen LogP contribution in [-0.4, -0.2) is 28.8 Å². The number of H-pyrrole nitrogens is 1. The molecule has 3 N–H and O–H groups in total. The van der Waals surface area contributed by atoms with E-state index in [1.807, 2.05) is 0 Å². The minimum Gasteiger partial charge on any atom is -0.393 e. The second-order valence-electron chi connectivity index (χ2n) is 6.73. The maximum absolute atomic E-state index is 9.94. The van der Waals surface area contributed by atoms with Gasteiger partial charge in [0.05, 0.1) is 6.10 Å². The van der Waals surface area contributed by atoms with E-state index in [2.05, 4.69) is 34.6 Å². The quantitative estimate of drug-likeness (QED) is 0.811. The molecule has 2 aliphatic rings. The Hall–Kier alpha value is -1.32. The molecular formula is C18H24N2O. The van der Waals surface area contributed by atoms with Crippen molar-refractivity contribution in [2.75, 3.05) is 6.54 Å². The van der Waals surface area contributed by atoms with Crippen LogP contribution in [0.2, 0.25) is 0 Å². The van der Waals surface area contributed by atoms with Gasteiger partial charge in [-0.3, -0.25) is 0 Å². The highest BCUT2D eigenvalue weighted by atomic mass is 16.3. The molecular weight excluding hydrogens is 260 g/mol. The number of fused-ring (bicyclic) bond motifs is 3. The summed E-state index contributed by atoms with van der Waals surface area (Å²) in [5.74, 6) is 0.467. The number of rotatable bonds is 3. The van der Waals surface area contributed by atoms with Gasteiger partial charge in [-0.25, -0.2) is 0 Å². The summed E-state index contributed by atoms with van der Waals surface area (Å²) < 4.78 is 0. The molecule has 21 heavy (non-hydrogen) atoms. The van der Waals surface area contributed by atoms with Crippen LogP contribution in [0, 0.1) is 5.92 Å². The molecule has 0 radical (unpaired) electrons. The molecule has 1 aromatic heterocycles. The first kappa shape index (κ1) is 13.4. The molecule has 0 bridgehead atoms. The van der Waals surface area contributed by atoms with Crippen LogP contribution >= 0.6 is 0 Å². The third-order valence-corrected chi connectivity index (χ3v) is 5.38. The van der Waals surface area contributed by atoms with Crippen molar-refractivity contribution in [1.82, 2.24) is 10.3 Å². The Labute approximate surface area is 125 Å². The highest BCUT2D eigenvalue weighted by Gasteiger charge is 2.27. The van der Waals surface area contributed by atoms with Crippen LogP contribution in [0.15, 0.2) is 24.3 Å². The maximum atomic E-state index is 9.94. The van der Waals surface area contributed by atoms with Crippen LogP contribution in [0.1, 0.15) is 36.9 Å². The van der Waals surface area contributed by atoms with Crippen molar-refractivity contribution in [3.8, 4) is 0 Å². The molecule has 3 heteroatoms. The molecule has 2 aliphatic carbocycles. The summed E-state index contributed by atoms with van der Waals surface area (Å²) in [5.41, 5.74) is 4.20. The molecule has 112 valence electrons. The zero-order valence-corrected chi connectivity index (χ0v) is 12.4.